The number of amides is 2. The highest BCUT2D eigenvalue weighted by Crippen LogP contribution is 2.49. The summed E-state index contributed by atoms with van der Waals surface area (Å²) in [5.74, 6) is -5.50. The van der Waals surface area contributed by atoms with E-state index in [1.165, 1.54) is 32.9 Å². The van der Waals surface area contributed by atoms with E-state index in [9.17, 15) is 27.9 Å². The number of hydrogen-bond acceptors (Lipinski definition) is 6. The highest BCUT2D eigenvalue weighted by molar-refractivity contribution is 6.35. The normalized spacial score (nSPS) is 21.9. The summed E-state index contributed by atoms with van der Waals surface area (Å²) < 4.78 is 50.3. The fourth-order valence-electron chi connectivity index (χ4n) is 5.48. The molecule has 3 aliphatic rings. The van der Waals surface area contributed by atoms with Gasteiger partial charge in [0.05, 0.1) is 18.2 Å². The minimum atomic E-state index is -3.08. The van der Waals surface area contributed by atoms with Gasteiger partial charge in [0.1, 0.15) is 40.3 Å². The molecular formula is C26H26ClF3N4O4. The van der Waals surface area contributed by atoms with Gasteiger partial charge in [-0.1, -0.05) is 24.2 Å². The number of phenols is 1. The maximum absolute atomic E-state index is 14.9. The number of hydrogen-bond donors (Lipinski definition) is 1. The molecule has 0 saturated carbocycles. The number of carbonyl (C=O) groups excluding carboxylic acids is 2. The minimum Gasteiger partial charge on any atom is -0.507 e. The van der Waals surface area contributed by atoms with Crippen LogP contribution >= 0.6 is 11.6 Å². The zero-order chi connectivity index (χ0) is 27.6. The summed E-state index contributed by atoms with van der Waals surface area (Å²) in [6, 6.07) is 3.08. The summed E-state index contributed by atoms with van der Waals surface area (Å²) in [5, 5.41) is 10.2. The lowest BCUT2D eigenvalue weighted by atomic mass is 9.99. The predicted octanol–water partition coefficient (Wildman–Crippen LogP) is 4.10. The Hall–Kier alpha value is -3.47. The molecule has 2 amide bonds. The molecule has 1 aromatic heterocycles. The van der Waals surface area contributed by atoms with Crippen molar-refractivity contribution in [2.24, 2.45) is 0 Å². The van der Waals surface area contributed by atoms with Gasteiger partial charge in [0.25, 0.3) is 11.8 Å². The van der Waals surface area contributed by atoms with Crippen molar-refractivity contribution < 1.29 is 32.6 Å². The largest absolute Gasteiger partial charge is 0.507 e. The fourth-order valence-corrected chi connectivity index (χ4v) is 5.76. The van der Waals surface area contributed by atoms with Crippen molar-refractivity contribution in [1.29, 1.82) is 0 Å². The third kappa shape index (κ3) is 4.22. The molecule has 8 nitrogen and oxygen atoms in total. The summed E-state index contributed by atoms with van der Waals surface area (Å²) >= 11 is 6.67. The Bertz CT molecular complexity index is 1330. The van der Waals surface area contributed by atoms with E-state index in [-0.39, 0.29) is 65.6 Å². The molecule has 12 heteroatoms. The van der Waals surface area contributed by atoms with Gasteiger partial charge in [-0.05, 0) is 32.1 Å². The molecule has 38 heavy (non-hydrogen) atoms. The van der Waals surface area contributed by atoms with Crippen molar-refractivity contribution in [2.45, 2.75) is 37.8 Å². The lowest BCUT2D eigenvalue weighted by Crippen LogP contribution is -2.57. The van der Waals surface area contributed by atoms with Gasteiger partial charge in [-0.15, -0.1) is 0 Å². The number of phenolic OH excluding ortho intramolecular Hbond substituents is 1. The van der Waals surface area contributed by atoms with Crippen LogP contribution in [-0.4, -0.2) is 82.0 Å². The van der Waals surface area contributed by atoms with Crippen LogP contribution < -0.4 is 9.64 Å². The molecule has 0 spiro atoms. The number of nitrogens with zero attached hydrogens (tertiary/aromatic N) is 4. The molecule has 202 valence electrons. The number of pyridine rings is 1. The number of piperazine rings is 1. The van der Waals surface area contributed by atoms with Gasteiger partial charge in [0.2, 0.25) is 5.91 Å². The maximum atomic E-state index is 14.9. The number of rotatable bonds is 3. The summed E-state index contributed by atoms with van der Waals surface area (Å²) in [4.78, 5) is 35.0. The Morgan fingerprint density at radius 2 is 2.03 bits per heavy atom. The summed E-state index contributed by atoms with van der Waals surface area (Å²) in [7, 11) is 0. The van der Waals surface area contributed by atoms with Crippen LogP contribution in [0.2, 0.25) is 5.02 Å². The Morgan fingerprint density at radius 3 is 2.66 bits per heavy atom. The molecule has 0 bridgehead atoms. The first kappa shape index (κ1) is 26.1. The van der Waals surface area contributed by atoms with Crippen LogP contribution in [0.25, 0.3) is 11.3 Å². The maximum Gasteiger partial charge on any atom is 0.267 e. The standard InChI is InChI=1S/C26H26ClF3N4O4/c1-4-17(36)32-8-9-33-14(10-32)11-38-22-19(24(33)37)23(34-13-26(29,30)12-25(34,2)3)31-21(20(22)27)18-15(28)6-5-7-16(18)35/h4-7,14,35H,1,8-13H2,2-3H3/t14-/m1/s1. The topological polar surface area (TPSA) is 86.2 Å². The van der Waals surface area contributed by atoms with Crippen LogP contribution in [0.5, 0.6) is 11.5 Å². The minimum absolute atomic E-state index is 0.0644. The fraction of sp³-hybridized carbons (Fsp3) is 0.423. The number of aromatic hydroxyl groups is 1. The van der Waals surface area contributed by atoms with E-state index in [1.54, 1.807) is 13.8 Å². The Balaban J connectivity index is 1.71. The molecule has 2 saturated heterocycles. The average Bonchev–Trinajstić information content (AvgIpc) is 2.98. The van der Waals surface area contributed by atoms with Crippen molar-refractivity contribution in [3.8, 4) is 22.8 Å². The van der Waals surface area contributed by atoms with Gasteiger partial charge in [-0.25, -0.2) is 18.2 Å². The molecule has 3 aliphatic heterocycles. The Morgan fingerprint density at radius 1 is 1.29 bits per heavy atom. The third-order valence-electron chi connectivity index (χ3n) is 7.23. The number of alkyl halides is 2. The van der Waals surface area contributed by atoms with E-state index >= 15 is 0 Å². The van der Waals surface area contributed by atoms with E-state index in [0.29, 0.717) is 0 Å². The van der Waals surface area contributed by atoms with E-state index in [1.807, 2.05) is 0 Å². The van der Waals surface area contributed by atoms with Gasteiger partial charge in [-0.3, -0.25) is 9.59 Å². The van der Waals surface area contributed by atoms with E-state index in [4.69, 9.17) is 16.3 Å². The average molecular weight is 551 g/mol. The highest BCUT2D eigenvalue weighted by atomic mass is 35.5. The van der Waals surface area contributed by atoms with E-state index in [0.717, 1.165) is 6.07 Å². The molecule has 2 fully saturated rings. The number of aromatic nitrogens is 1. The molecule has 1 aromatic carbocycles. The number of ether oxygens (including phenoxy) is 1. The van der Waals surface area contributed by atoms with E-state index < -0.39 is 47.9 Å². The van der Waals surface area contributed by atoms with Crippen molar-refractivity contribution in [2.75, 3.05) is 37.7 Å². The van der Waals surface area contributed by atoms with Crippen LogP contribution in [-0.2, 0) is 4.79 Å². The van der Waals surface area contributed by atoms with Crippen molar-refractivity contribution in [1.82, 2.24) is 14.8 Å². The molecule has 0 radical (unpaired) electrons. The van der Waals surface area contributed by atoms with Gasteiger partial charge in [0, 0.05) is 31.6 Å². The number of carbonyl (C=O) groups is 2. The first-order valence-electron chi connectivity index (χ1n) is 12.1. The van der Waals surface area contributed by atoms with Gasteiger partial charge < -0.3 is 24.5 Å². The van der Waals surface area contributed by atoms with Crippen molar-refractivity contribution in [3.05, 3.63) is 47.3 Å². The van der Waals surface area contributed by atoms with Crippen molar-refractivity contribution in [3.63, 3.8) is 0 Å². The van der Waals surface area contributed by atoms with Crippen LogP contribution in [0.3, 0.4) is 0 Å². The lowest BCUT2D eigenvalue weighted by Gasteiger charge is -2.40. The molecule has 4 heterocycles. The smallest absolute Gasteiger partial charge is 0.267 e. The van der Waals surface area contributed by atoms with E-state index in [2.05, 4.69) is 11.6 Å². The monoisotopic (exact) mass is 550 g/mol. The number of benzene rings is 1. The van der Waals surface area contributed by atoms with Crippen LogP contribution in [0.15, 0.2) is 30.9 Å². The molecule has 5 rings (SSSR count). The number of fused-ring (bicyclic) bond motifs is 2. The van der Waals surface area contributed by atoms with Gasteiger partial charge >= 0.3 is 0 Å². The van der Waals surface area contributed by atoms with Crippen LogP contribution in [0.4, 0.5) is 19.0 Å². The van der Waals surface area contributed by atoms with Crippen LogP contribution in [0, 0.1) is 5.82 Å². The molecule has 2 aromatic rings. The third-order valence-corrected chi connectivity index (χ3v) is 7.59. The second-order valence-corrected chi connectivity index (χ2v) is 10.7. The Kier molecular flexibility index (Phi) is 6.24. The summed E-state index contributed by atoms with van der Waals surface area (Å²) in [6.07, 6.45) is 0.685. The second kappa shape index (κ2) is 9.07. The first-order valence-corrected chi connectivity index (χ1v) is 12.4. The molecule has 0 aliphatic carbocycles. The molecular weight excluding hydrogens is 525 g/mol. The number of halogens is 4. The quantitative estimate of drug-likeness (QED) is 0.579. The Labute approximate surface area is 222 Å². The predicted molar refractivity (Wildman–Crippen MR) is 134 cm³/mol. The molecule has 1 atom stereocenters. The summed E-state index contributed by atoms with van der Waals surface area (Å²) in [5.41, 5.74) is -1.83. The molecule has 0 unspecified atom stereocenters. The first-order chi connectivity index (χ1) is 17.8. The zero-order valence-electron chi connectivity index (χ0n) is 20.8. The molecule has 1 N–H and O–H groups in total. The SMILES string of the molecule is C=CC(=O)N1CCN2C(=O)c3c(N4CC(F)(F)CC4(C)C)nc(-c4c(O)cccc4F)c(Cl)c3OC[C@H]2C1. The second-order valence-electron chi connectivity index (χ2n) is 10.3. The lowest BCUT2D eigenvalue weighted by molar-refractivity contribution is -0.128. The highest BCUT2D eigenvalue weighted by Gasteiger charge is 2.52. The zero-order valence-corrected chi connectivity index (χ0v) is 21.6. The van der Waals surface area contributed by atoms with Gasteiger partial charge in [0.15, 0.2) is 5.75 Å². The van der Waals surface area contributed by atoms with Crippen molar-refractivity contribution >= 4 is 29.2 Å². The summed E-state index contributed by atoms with van der Waals surface area (Å²) in [6.45, 7) is 6.48. The number of anilines is 1. The van der Waals surface area contributed by atoms with Crippen LogP contribution in [0.1, 0.15) is 30.6 Å². The van der Waals surface area contributed by atoms with Gasteiger partial charge in [-0.2, -0.15) is 0 Å².